The molecular formula is C12H7BrN2S. The predicted molar refractivity (Wildman–Crippen MR) is 70.6 cm³/mol. The standard InChI is InChI=1S/C12H7BrN2S/c13-11-9-3-1-2-4-10(9)14-12(15-11)8-5-6-16-7-8/h1-7H. The Morgan fingerprint density at radius 1 is 1.06 bits per heavy atom. The lowest BCUT2D eigenvalue weighted by Crippen LogP contribution is -1.90. The summed E-state index contributed by atoms with van der Waals surface area (Å²) in [6, 6.07) is 10.0. The number of nitrogens with zero attached hydrogens (tertiary/aromatic N) is 2. The van der Waals surface area contributed by atoms with Crippen molar-refractivity contribution in [2.75, 3.05) is 0 Å². The molecule has 0 saturated heterocycles. The van der Waals surface area contributed by atoms with E-state index < -0.39 is 0 Å². The highest BCUT2D eigenvalue weighted by Crippen LogP contribution is 2.25. The van der Waals surface area contributed by atoms with Gasteiger partial charge < -0.3 is 0 Å². The van der Waals surface area contributed by atoms with E-state index >= 15 is 0 Å². The number of halogens is 1. The quantitative estimate of drug-likeness (QED) is 0.630. The Balaban J connectivity index is 2.29. The molecule has 0 aliphatic heterocycles. The number of rotatable bonds is 1. The topological polar surface area (TPSA) is 25.8 Å². The maximum absolute atomic E-state index is 4.54. The van der Waals surface area contributed by atoms with Crippen molar-refractivity contribution in [3.8, 4) is 11.4 Å². The lowest BCUT2D eigenvalue weighted by atomic mass is 10.2. The number of aromatic nitrogens is 2. The van der Waals surface area contributed by atoms with Gasteiger partial charge in [0.2, 0.25) is 0 Å². The molecule has 0 atom stereocenters. The summed E-state index contributed by atoms with van der Waals surface area (Å²) in [6.07, 6.45) is 0. The molecule has 0 fully saturated rings. The first-order valence-electron chi connectivity index (χ1n) is 4.79. The fourth-order valence-corrected chi connectivity index (χ4v) is 2.70. The van der Waals surface area contributed by atoms with Crippen LogP contribution in [0.5, 0.6) is 0 Å². The zero-order valence-electron chi connectivity index (χ0n) is 8.22. The molecule has 2 heterocycles. The van der Waals surface area contributed by atoms with E-state index in [2.05, 4.69) is 31.3 Å². The molecule has 78 valence electrons. The van der Waals surface area contributed by atoms with Crippen LogP contribution in [-0.2, 0) is 0 Å². The lowest BCUT2D eigenvalue weighted by Gasteiger charge is -2.02. The summed E-state index contributed by atoms with van der Waals surface area (Å²) in [4.78, 5) is 9.00. The summed E-state index contributed by atoms with van der Waals surface area (Å²) in [7, 11) is 0. The molecule has 0 spiro atoms. The minimum absolute atomic E-state index is 0.770. The van der Waals surface area contributed by atoms with E-state index in [0.717, 1.165) is 26.9 Å². The van der Waals surface area contributed by atoms with Crippen molar-refractivity contribution in [1.82, 2.24) is 9.97 Å². The number of fused-ring (bicyclic) bond motifs is 1. The Hall–Kier alpha value is -1.26. The Morgan fingerprint density at radius 2 is 1.94 bits per heavy atom. The number of benzene rings is 1. The molecule has 4 heteroatoms. The van der Waals surface area contributed by atoms with Gasteiger partial charge in [0.15, 0.2) is 5.82 Å². The van der Waals surface area contributed by atoms with Crippen molar-refractivity contribution < 1.29 is 0 Å². The van der Waals surface area contributed by atoms with Crippen LogP contribution in [0.1, 0.15) is 0 Å². The molecule has 3 rings (SSSR count). The number of hydrogen-bond donors (Lipinski definition) is 0. The zero-order chi connectivity index (χ0) is 11.0. The molecule has 0 aliphatic carbocycles. The van der Waals surface area contributed by atoms with E-state index in [-0.39, 0.29) is 0 Å². The number of para-hydroxylation sites is 1. The van der Waals surface area contributed by atoms with Gasteiger partial charge in [0.25, 0.3) is 0 Å². The Bertz CT molecular complexity index is 635. The average molecular weight is 291 g/mol. The second-order valence-electron chi connectivity index (χ2n) is 3.37. The predicted octanol–water partition coefficient (Wildman–Crippen LogP) is 4.12. The highest BCUT2D eigenvalue weighted by atomic mass is 79.9. The molecule has 0 amide bonds. The minimum Gasteiger partial charge on any atom is -0.228 e. The van der Waals surface area contributed by atoms with Crippen molar-refractivity contribution >= 4 is 38.2 Å². The molecule has 0 radical (unpaired) electrons. The summed E-state index contributed by atoms with van der Waals surface area (Å²) < 4.78 is 0.847. The fourth-order valence-electron chi connectivity index (χ4n) is 1.56. The second kappa shape index (κ2) is 3.96. The van der Waals surface area contributed by atoms with Crippen LogP contribution in [0.15, 0.2) is 45.7 Å². The maximum Gasteiger partial charge on any atom is 0.161 e. The van der Waals surface area contributed by atoms with Gasteiger partial charge in [-0.3, -0.25) is 0 Å². The van der Waals surface area contributed by atoms with Gasteiger partial charge in [-0.15, -0.1) is 0 Å². The minimum atomic E-state index is 0.770. The van der Waals surface area contributed by atoms with Crippen LogP contribution < -0.4 is 0 Å². The van der Waals surface area contributed by atoms with E-state index in [1.54, 1.807) is 11.3 Å². The summed E-state index contributed by atoms with van der Waals surface area (Å²) >= 11 is 5.14. The fraction of sp³-hybridized carbons (Fsp3) is 0. The SMILES string of the molecule is Brc1nc(-c2ccsc2)nc2ccccc12. The van der Waals surface area contributed by atoms with E-state index in [1.165, 1.54) is 0 Å². The van der Waals surface area contributed by atoms with Crippen molar-refractivity contribution in [1.29, 1.82) is 0 Å². The zero-order valence-corrected chi connectivity index (χ0v) is 10.6. The highest BCUT2D eigenvalue weighted by molar-refractivity contribution is 9.10. The van der Waals surface area contributed by atoms with Gasteiger partial charge in [-0.1, -0.05) is 18.2 Å². The molecule has 0 saturated carbocycles. The third kappa shape index (κ3) is 1.64. The van der Waals surface area contributed by atoms with E-state index in [9.17, 15) is 0 Å². The Morgan fingerprint density at radius 3 is 2.75 bits per heavy atom. The van der Waals surface area contributed by atoms with Crippen LogP contribution in [0, 0.1) is 0 Å². The summed E-state index contributed by atoms with van der Waals surface area (Å²) in [5.41, 5.74) is 2.03. The molecule has 2 aromatic heterocycles. The number of thiophene rings is 1. The van der Waals surface area contributed by atoms with Gasteiger partial charge in [-0.25, -0.2) is 9.97 Å². The van der Waals surface area contributed by atoms with E-state index in [0.29, 0.717) is 0 Å². The molecule has 2 nitrogen and oxygen atoms in total. The molecule has 3 aromatic rings. The highest BCUT2D eigenvalue weighted by Gasteiger charge is 2.06. The van der Waals surface area contributed by atoms with Crippen molar-refractivity contribution in [3.05, 3.63) is 45.7 Å². The van der Waals surface area contributed by atoms with Crippen molar-refractivity contribution in [2.45, 2.75) is 0 Å². The van der Waals surface area contributed by atoms with Crippen molar-refractivity contribution in [2.24, 2.45) is 0 Å². The molecule has 16 heavy (non-hydrogen) atoms. The summed E-state index contributed by atoms with van der Waals surface area (Å²) in [5.74, 6) is 0.770. The number of hydrogen-bond acceptors (Lipinski definition) is 3. The molecule has 0 N–H and O–H groups in total. The van der Waals surface area contributed by atoms with Gasteiger partial charge in [-0.2, -0.15) is 11.3 Å². The Labute approximate surface area is 105 Å². The lowest BCUT2D eigenvalue weighted by molar-refractivity contribution is 1.20. The summed E-state index contributed by atoms with van der Waals surface area (Å²) in [5, 5.41) is 5.12. The van der Waals surface area contributed by atoms with Crippen molar-refractivity contribution in [3.63, 3.8) is 0 Å². The third-order valence-electron chi connectivity index (χ3n) is 2.34. The van der Waals surface area contributed by atoms with Crippen LogP contribution in [0.2, 0.25) is 0 Å². The van der Waals surface area contributed by atoms with Gasteiger partial charge in [-0.05, 0) is 33.4 Å². The second-order valence-corrected chi connectivity index (χ2v) is 4.90. The average Bonchev–Trinajstić information content (AvgIpc) is 2.82. The molecule has 0 bridgehead atoms. The third-order valence-corrected chi connectivity index (χ3v) is 3.62. The smallest absolute Gasteiger partial charge is 0.161 e. The normalized spacial score (nSPS) is 10.8. The van der Waals surface area contributed by atoms with E-state index in [1.807, 2.05) is 35.7 Å². The first kappa shape index (κ1) is 9.93. The van der Waals surface area contributed by atoms with Gasteiger partial charge in [0.1, 0.15) is 4.60 Å². The Kier molecular flexibility index (Phi) is 2.46. The largest absolute Gasteiger partial charge is 0.228 e. The molecular weight excluding hydrogens is 284 g/mol. The molecule has 1 aromatic carbocycles. The van der Waals surface area contributed by atoms with Crippen LogP contribution in [0.25, 0.3) is 22.3 Å². The first-order valence-corrected chi connectivity index (χ1v) is 6.53. The van der Waals surface area contributed by atoms with Gasteiger partial charge in [0, 0.05) is 16.3 Å². The monoisotopic (exact) mass is 290 g/mol. The van der Waals surface area contributed by atoms with Crippen LogP contribution >= 0.6 is 27.3 Å². The van der Waals surface area contributed by atoms with Gasteiger partial charge >= 0.3 is 0 Å². The molecule has 0 unspecified atom stereocenters. The van der Waals surface area contributed by atoms with Gasteiger partial charge in [0.05, 0.1) is 5.52 Å². The van der Waals surface area contributed by atoms with Crippen LogP contribution in [-0.4, -0.2) is 9.97 Å². The van der Waals surface area contributed by atoms with Crippen LogP contribution in [0.4, 0.5) is 0 Å². The molecule has 0 aliphatic rings. The maximum atomic E-state index is 4.54. The van der Waals surface area contributed by atoms with E-state index in [4.69, 9.17) is 0 Å². The summed E-state index contributed by atoms with van der Waals surface area (Å²) in [6.45, 7) is 0. The van der Waals surface area contributed by atoms with Crippen LogP contribution in [0.3, 0.4) is 0 Å². The first-order chi connectivity index (χ1) is 7.84.